The van der Waals surface area contributed by atoms with Gasteiger partial charge in [0.05, 0.1) is 5.52 Å². The van der Waals surface area contributed by atoms with Crippen molar-refractivity contribution in [1.82, 2.24) is 24.5 Å². The van der Waals surface area contributed by atoms with Gasteiger partial charge in [-0.3, -0.25) is 4.57 Å². The van der Waals surface area contributed by atoms with Gasteiger partial charge >= 0.3 is 0 Å². The fourth-order valence-corrected chi connectivity index (χ4v) is 7.83. The van der Waals surface area contributed by atoms with E-state index < -0.39 is 0 Å². The number of para-hydroxylation sites is 1. The third-order valence-electron chi connectivity index (χ3n) is 10.4. The monoisotopic (exact) mass is 679 g/mol. The topological polar surface area (TPSA) is 56.5 Å². The highest BCUT2D eigenvalue weighted by atomic mass is 15.0. The smallest absolute Gasteiger partial charge is 0.164 e. The molecule has 0 saturated heterocycles. The van der Waals surface area contributed by atoms with E-state index >= 15 is 0 Å². The van der Waals surface area contributed by atoms with Crippen LogP contribution in [-0.4, -0.2) is 24.5 Å². The minimum Gasteiger partial charge on any atom is -0.294 e. The summed E-state index contributed by atoms with van der Waals surface area (Å²) in [4.78, 5) is 20.5. The van der Waals surface area contributed by atoms with Crippen molar-refractivity contribution >= 4 is 43.5 Å². The molecular formula is C48H33N5. The van der Waals surface area contributed by atoms with Crippen molar-refractivity contribution in [2.75, 3.05) is 0 Å². The zero-order chi connectivity index (χ0) is 35.5. The van der Waals surface area contributed by atoms with Gasteiger partial charge in [-0.1, -0.05) is 121 Å². The van der Waals surface area contributed by atoms with E-state index in [-0.39, 0.29) is 0 Å². The molecule has 0 saturated carbocycles. The summed E-state index contributed by atoms with van der Waals surface area (Å²) in [5, 5.41) is 6.90. The van der Waals surface area contributed by atoms with Gasteiger partial charge in [0.1, 0.15) is 5.65 Å². The molecule has 0 radical (unpaired) electrons. The summed E-state index contributed by atoms with van der Waals surface area (Å²) < 4.78 is 2.26. The van der Waals surface area contributed by atoms with E-state index in [0.717, 1.165) is 77.3 Å². The van der Waals surface area contributed by atoms with Gasteiger partial charge in [0, 0.05) is 39.3 Å². The van der Waals surface area contributed by atoms with Gasteiger partial charge < -0.3 is 0 Å². The Morgan fingerprint density at radius 2 is 1.11 bits per heavy atom. The number of aromatic nitrogens is 5. The standard InChI is InChI=1S/C48H33N5/c1-30-12-9-20-42(44(30)37-26-25-36(28-31(37)2)53-43-22-8-7-18-39(43)41-21-11-27-49-48(41)53)47-51-45(35-24-23-32-13-3-4-15-34(32)29-35)50-46(52-47)40-19-10-16-33-14-5-6-17-38(33)40/h3-29H,1-2H3. The van der Waals surface area contributed by atoms with Gasteiger partial charge in [0.25, 0.3) is 0 Å². The first-order chi connectivity index (χ1) is 26.1. The molecule has 0 aliphatic rings. The molecule has 53 heavy (non-hydrogen) atoms. The number of pyridine rings is 1. The van der Waals surface area contributed by atoms with Crippen LogP contribution in [0.3, 0.4) is 0 Å². The van der Waals surface area contributed by atoms with Crippen molar-refractivity contribution in [1.29, 1.82) is 0 Å². The quantitative estimate of drug-likeness (QED) is 0.182. The molecule has 0 atom stereocenters. The maximum atomic E-state index is 5.26. The Kier molecular flexibility index (Phi) is 7.18. The van der Waals surface area contributed by atoms with E-state index in [4.69, 9.17) is 19.9 Å². The van der Waals surface area contributed by atoms with Crippen molar-refractivity contribution in [3.8, 4) is 51.0 Å². The minimum atomic E-state index is 0.639. The van der Waals surface area contributed by atoms with Gasteiger partial charge in [-0.15, -0.1) is 0 Å². The average molecular weight is 680 g/mol. The van der Waals surface area contributed by atoms with Crippen LogP contribution in [0.4, 0.5) is 0 Å². The number of hydrogen-bond donors (Lipinski definition) is 0. The molecule has 250 valence electrons. The molecule has 0 N–H and O–H groups in total. The number of aryl methyl sites for hydroxylation is 2. The molecule has 0 bridgehead atoms. The van der Waals surface area contributed by atoms with Crippen LogP contribution < -0.4 is 0 Å². The molecule has 0 fully saturated rings. The van der Waals surface area contributed by atoms with Crippen molar-refractivity contribution in [2.24, 2.45) is 0 Å². The molecule has 10 aromatic rings. The van der Waals surface area contributed by atoms with Crippen LogP contribution in [0.2, 0.25) is 0 Å². The summed E-state index contributed by atoms with van der Waals surface area (Å²) in [5.74, 6) is 1.93. The highest BCUT2D eigenvalue weighted by Gasteiger charge is 2.20. The molecule has 0 amide bonds. The Morgan fingerprint density at radius 3 is 1.98 bits per heavy atom. The predicted molar refractivity (Wildman–Crippen MR) is 218 cm³/mol. The van der Waals surface area contributed by atoms with E-state index in [2.05, 4.69) is 170 Å². The van der Waals surface area contributed by atoms with Crippen LogP contribution in [0.15, 0.2) is 164 Å². The molecule has 0 aliphatic heterocycles. The molecule has 3 heterocycles. The highest BCUT2D eigenvalue weighted by Crippen LogP contribution is 2.39. The van der Waals surface area contributed by atoms with Gasteiger partial charge in [0.2, 0.25) is 0 Å². The van der Waals surface area contributed by atoms with Crippen molar-refractivity contribution in [3.63, 3.8) is 0 Å². The average Bonchev–Trinajstić information content (AvgIpc) is 3.55. The van der Waals surface area contributed by atoms with Crippen molar-refractivity contribution in [2.45, 2.75) is 13.8 Å². The molecule has 7 aromatic carbocycles. The zero-order valence-corrected chi connectivity index (χ0v) is 29.3. The first-order valence-electron chi connectivity index (χ1n) is 17.9. The number of rotatable bonds is 5. The van der Waals surface area contributed by atoms with Crippen molar-refractivity contribution < 1.29 is 0 Å². The highest BCUT2D eigenvalue weighted by molar-refractivity contribution is 6.08. The SMILES string of the molecule is Cc1cc(-n2c3ccccc3c3cccnc32)ccc1-c1c(C)cccc1-c1nc(-c2ccc3ccccc3c2)nc(-c2cccc3ccccc23)n1. The van der Waals surface area contributed by atoms with E-state index in [1.54, 1.807) is 0 Å². The molecule has 10 rings (SSSR count). The van der Waals surface area contributed by atoms with Gasteiger partial charge in [-0.25, -0.2) is 19.9 Å². The lowest BCUT2D eigenvalue weighted by Gasteiger charge is -2.17. The third-order valence-corrected chi connectivity index (χ3v) is 10.4. The second-order valence-corrected chi connectivity index (χ2v) is 13.6. The maximum absolute atomic E-state index is 5.26. The number of benzene rings is 7. The van der Waals surface area contributed by atoms with Gasteiger partial charge in [-0.2, -0.15) is 0 Å². The third kappa shape index (κ3) is 5.16. The fourth-order valence-electron chi connectivity index (χ4n) is 7.83. The Bertz CT molecular complexity index is 2990. The van der Waals surface area contributed by atoms with Crippen LogP contribution in [-0.2, 0) is 0 Å². The van der Waals surface area contributed by atoms with E-state index in [9.17, 15) is 0 Å². The van der Waals surface area contributed by atoms with Gasteiger partial charge in [0.15, 0.2) is 17.5 Å². The molecular weight excluding hydrogens is 647 g/mol. The van der Waals surface area contributed by atoms with Crippen LogP contribution in [0.25, 0.3) is 94.5 Å². The van der Waals surface area contributed by atoms with Crippen LogP contribution in [0.1, 0.15) is 11.1 Å². The largest absolute Gasteiger partial charge is 0.294 e. The molecule has 5 nitrogen and oxygen atoms in total. The summed E-state index contributed by atoms with van der Waals surface area (Å²) in [7, 11) is 0. The van der Waals surface area contributed by atoms with Crippen LogP contribution >= 0.6 is 0 Å². The summed E-state index contributed by atoms with van der Waals surface area (Å²) >= 11 is 0. The summed E-state index contributed by atoms with van der Waals surface area (Å²) in [6.45, 7) is 4.35. The summed E-state index contributed by atoms with van der Waals surface area (Å²) in [6.07, 6.45) is 1.87. The van der Waals surface area contributed by atoms with E-state index in [0.29, 0.717) is 17.5 Å². The van der Waals surface area contributed by atoms with E-state index in [1.807, 2.05) is 12.3 Å². The van der Waals surface area contributed by atoms with Crippen molar-refractivity contribution in [3.05, 3.63) is 175 Å². The Morgan fingerprint density at radius 1 is 0.434 bits per heavy atom. The maximum Gasteiger partial charge on any atom is 0.164 e. The molecule has 5 heteroatoms. The van der Waals surface area contributed by atoms with Gasteiger partial charge in [-0.05, 0) is 94.0 Å². The number of fused-ring (bicyclic) bond motifs is 5. The predicted octanol–water partition coefficient (Wildman–Crippen LogP) is 12.0. The molecule has 0 spiro atoms. The molecule has 0 aliphatic carbocycles. The Labute approximate surface area is 306 Å². The molecule has 0 unspecified atom stereocenters. The second-order valence-electron chi connectivity index (χ2n) is 13.6. The molecule has 3 aromatic heterocycles. The Hall–Kier alpha value is -6.98. The fraction of sp³-hybridized carbons (Fsp3) is 0.0417. The first-order valence-corrected chi connectivity index (χ1v) is 17.9. The summed E-state index contributed by atoms with van der Waals surface area (Å²) in [6, 6.07) is 55.3. The first kappa shape index (κ1) is 30.8. The lowest BCUT2D eigenvalue weighted by Crippen LogP contribution is -2.03. The second kappa shape index (κ2) is 12.4. The lowest BCUT2D eigenvalue weighted by atomic mass is 9.91. The van der Waals surface area contributed by atoms with Crippen LogP contribution in [0.5, 0.6) is 0 Å². The zero-order valence-electron chi connectivity index (χ0n) is 29.3. The lowest BCUT2D eigenvalue weighted by molar-refractivity contribution is 1.08. The number of hydrogen-bond acceptors (Lipinski definition) is 4. The normalized spacial score (nSPS) is 11.6. The number of nitrogens with zero attached hydrogens (tertiary/aromatic N) is 5. The van der Waals surface area contributed by atoms with E-state index in [1.165, 1.54) is 10.8 Å². The minimum absolute atomic E-state index is 0.639. The Balaban J connectivity index is 1.17. The summed E-state index contributed by atoms with van der Waals surface area (Å²) in [5.41, 5.74) is 10.6. The van der Waals surface area contributed by atoms with Crippen LogP contribution in [0, 0.1) is 13.8 Å².